The number of ketones is 1. The molecule has 2 aromatic heterocycles. The van der Waals surface area contributed by atoms with Gasteiger partial charge < -0.3 is 5.32 Å². The maximum Gasteiger partial charge on any atom is 0.325 e. The zero-order valence-electron chi connectivity index (χ0n) is 18.9. The van der Waals surface area contributed by atoms with E-state index in [1.807, 2.05) is 23.6 Å². The second-order valence-electron chi connectivity index (χ2n) is 9.02. The van der Waals surface area contributed by atoms with Crippen molar-refractivity contribution in [3.8, 4) is 5.69 Å². The van der Waals surface area contributed by atoms with Gasteiger partial charge in [-0.15, -0.1) is 11.6 Å². The lowest BCUT2D eigenvalue weighted by Crippen LogP contribution is -2.51. The Morgan fingerprint density at radius 1 is 1.06 bits per heavy atom. The summed E-state index contributed by atoms with van der Waals surface area (Å²) < 4.78 is 29.0. The first kappa shape index (κ1) is 23.3. The van der Waals surface area contributed by atoms with Gasteiger partial charge in [-0.1, -0.05) is 0 Å². The van der Waals surface area contributed by atoms with Gasteiger partial charge in [0.15, 0.2) is 11.4 Å². The Labute approximate surface area is 204 Å². The van der Waals surface area contributed by atoms with Gasteiger partial charge in [0, 0.05) is 29.8 Å². The van der Waals surface area contributed by atoms with Gasteiger partial charge in [-0.2, -0.15) is 0 Å². The van der Waals surface area contributed by atoms with Crippen molar-refractivity contribution >= 4 is 40.5 Å². The molecule has 0 unspecified atom stereocenters. The van der Waals surface area contributed by atoms with E-state index in [2.05, 4.69) is 15.3 Å². The SMILES string of the molecule is Cc1ccc2nc(CCl)n(-c3ccc(C(=O)CN4C(=O)NC5(CCC(F)(F)CC5)C4=O)cc3)c2n1. The molecular weight excluding hydrogens is 480 g/mol. The maximum absolute atomic E-state index is 13.6. The molecule has 0 atom stereocenters. The number of aryl methyl sites for hydroxylation is 1. The molecule has 8 nitrogen and oxygen atoms in total. The van der Waals surface area contributed by atoms with Gasteiger partial charge in [0.25, 0.3) is 5.91 Å². The number of hydrogen-bond donors (Lipinski definition) is 1. The predicted octanol–water partition coefficient (Wildman–Crippen LogP) is 4.15. The first-order valence-electron chi connectivity index (χ1n) is 11.2. The largest absolute Gasteiger partial charge is 0.325 e. The van der Waals surface area contributed by atoms with Gasteiger partial charge in [0.2, 0.25) is 5.92 Å². The monoisotopic (exact) mass is 501 g/mol. The van der Waals surface area contributed by atoms with Gasteiger partial charge >= 0.3 is 6.03 Å². The molecule has 1 aliphatic carbocycles. The number of pyridine rings is 1. The third kappa shape index (κ3) is 4.05. The minimum Gasteiger partial charge on any atom is -0.323 e. The first-order chi connectivity index (χ1) is 16.6. The van der Waals surface area contributed by atoms with E-state index >= 15 is 0 Å². The number of carbonyl (C=O) groups is 3. The summed E-state index contributed by atoms with van der Waals surface area (Å²) in [6.07, 6.45) is -1.27. The highest BCUT2D eigenvalue weighted by atomic mass is 35.5. The Balaban J connectivity index is 1.35. The van der Waals surface area contributed by atoms with Crippen LogP contribution in [0.3, 0.4) is 0 Å². The number of imide groups is 1. The summed E-state index contributed by atoms with van der Waals surface area (Å²) in [5, 5.41) is 2.55. The van der Waals surface area contributed by atoms with E-state index in [1.54, 1.807) is 24.3 Å². The zero-order valence-corrected chi connectivity index (χ0v) is 19.6. The molecule has 3 aromatic rings. The molecule has 2 fully saturated rings. The van der Waals surface area contributed by atoms with Crippen molar-refractivity contribution in [1.29, 1.82) is 0 Å². The number of aromatic nitrogens is 3. The molecule has 1 spiro atoms. The standard InChI is InChI=1S/C24H22ClF2N5O3/c1-14-2-7-17-20(28-14)32(19(12-25)29-17)16-5-3-15(4-6-16)18(33)13-31-21(34)23(30-22(31)35)8-10-24(26,27)11-9-23/h2-7H,8-13H2,1H3,(H,30,35). The van der Waals surface area contributed by atoms with E-state index in [0.717, 1.165) is 10.6 Å². The Hall–Kier alpha value is -3.40. The smallest absolute Gasteiger partial charge is 0.323 e. The maximum atomic E-state index is 13.6. The molecule has 35 heavy (non-hydrogen) atoms. The molecule has 1 N–H and O–H groups in total. The topological polar surface area (TPSA) is 97.2 Å². The molecule has 5 rings (SSSR count). The predicted molar refractivity (Wildman–Crippen MR) is 124 cm³/mol. The number of urea groups is 1. The molecule has 3 heterocycles. The lowest BCUT2D eigenvalue weighted by molar-refractivity contribution is -0.135. The third-order valence-electron chi connectivity index (χ3n) is 6.66. The third-order valence-corrected chi connectivity index (χ3v) is 6.90. The molecule has 1 aromatic carbocycles. The van der Waals surface area contributed by atoms with Gasteiger partial charge in [0.05, 0.1) is 12.4 Å². The van der Waals surface area contributed by atoms with Crippen LogP contribution in [0.5, 0.6) is 0 Å². The normalized spacial score (nSPS) is 18.9. The van der Waals surface area contributed by atoms with Gasteiger partial charge in [-0.3, -0.25) is 19.1 Å². The number of nitrogens with zero attached hydrogens (tertiary/aromatic N) is 4. The number of halogens is 3. The first-order valence-corrected chi connectivity index (χ1v) is 11.7. The summed E-state index contributed by atoms with van der Waals surface area (Å²) in [6.45, 7) is 1.40. The van der Waals surface area contributed by atoms with E-state index in [-0.39, 0.29) is 18.7 Å². The number of carbonyl (C=O) groups excluding carboxylic acids is 3. The molecule has 11 heteroatoms. The number of rotatable bonds is 5. The Morgan fingerprint density at radius 3 is 2.40 bits per heavy atom. The highest BCUT2D eigenvalue weighted by Gasteiger charge is 2.55. The van der Waals surface area contributed by atoms with Gasteiger partial charge in [-0.05, 0) is 56.2 Å². The van der Waals surface area contributed by atoms with Crippen LogP contribution in [0, 0.1) is 6.92 Å². The molecule has 182 valence electrons. The fourth-order valence-corrected chi connectivity index (χ4v) is 4.87. The molecule has 3 amide bonds. The minimum atomic E-state index is -2.85. The van der Waals surface area contributed by atoms with Gasteiger partial charge in [0.1, 0.15) is 16.9 Å². The molecule has 1 aliphatic heterocycles. The van der Waals surface area contributed by atoms with Crippen molar-refractivity contribution in [2.24, 2.45) is 0 Å². The number of nitrogens with one attached hydrogen (secondary N) is 1. The zero-order chi connectivity index (χ0) is 25.0. The summed E-state index contributed by atoms with van der Waals surface area (Å²) in [4.78, 5) is 48.1. The lowest BCUT2D eigenvalue weighted by atomic mass is 9.80. The average Bonchev–Trinajstić information content (AvgIpc) is 3.31. The Kier molecular flexibility index (Phi) is 5.58. The summed E-state index contributed by atoms with van der Waals surface area (Å²) in [7, 11) is 0. The molecule has 0 bridgehead atoms. The van der Waals surface area contributed by atoms with Crippen LogP contribution in [0.2, 0.25) is 0 Å². The lowest BCUT2D eigenvalue weighted by Gasteiger charge is -2.34. The summed E-state index contributed by atoms with van der Waals surface area (Å²) >= 11 is 6.09. The number of hydrogen-bond acceptors (Lipinski definition) is 5. The van der Waals surface area contributed by atoms with Gasteiger partial charge in [-0.25, -0.2) is 23.5 Å². The van der Waals surface area contributed by atoms with Crippen LogP contribution in [0.25, 0.3) is 16.9 Å². The quantitative estimate of drug-likeness (QED) is 0.322. The minimum absolute atomic E-state index is 0.154. The Bertz CT molecular complexity index is 1350. The van der Waals surface area contributed by atoms with Crippen LogP contribution in [-0.4, -0.2) is 55.2 Å². The highest BCUT2D eigenvalue weighted by molar-refractivity contribution is 6.17. The van der Waals surface area contributed by atoms with E-state index in [0.29, 0.717) is 28.2 Å². The molecular formula is C24H22ClF2N5O3. The summed E-state index contributed by atoms with van der Waals surface area (Å²) in [5.41, 5.74) is 1.80. The number of imidazole rings is 1. The van der Waals surface area contributed by atoms with Crippen molar-refractivity contribution in [2.75, 3.05) is 6.54 Å². The van der Waals surface area contributed by atoms with E-state index in [9.17, 15) is 23.2 Å². The van der Waals surface area contributed by atoms with Crippen LogP contribution >= 0.6 is 11.6 Å². The fourth-order valence-electron chi connectivity index (χ4n) is 4.69. The van der Waals surface area contributed by atoms with Crippen molar-refractivity contribution < 1.29 is 23.2 Å². The van der Waals surface area contributed by atoms with E-state index in [4.69, 9.17) is 11.6 Å². The fraction of sp³-hybridized carbons (Fsp3) is 0.375. The second-order valence-corrected chi connectivity index (χ2v) is 9.29. The van der Waals surface area contributed by atoms with Crippen LogP contribution in [0.4, 0.5) is 13.6 Å². The second kappa shape index (κ2) is 8.37. The van der Waals surface area contributed by atoms with Crippen LogP contribution in [0.15, 0.2) is 36.4 Å². The average molecular weight is 502 g/mol. The van der Waals surface area contributed by atoms with Crippen molar-refractivity contribution in [1.82, 2.24) is 24.8 Å². The number of benzene rings is 1. The molecule has 1 saturated heterocycles. The number of fused-ring (bicyclic) bond motifs is 1. The number of Topliss-reactive ketones (excluding diaryl/α,β-unsaturated/α-hetero) is 1. The van der Waals surface area contributed by atoms with Crippen LogP contribution in [-0.2, 0) is 10.7 Å². The van der Waals surface area contributed by atoms with Crippen molar-refractivity contribution in [2.45, 2.75) is 49.9 Å². The van der Waals surface area contributed by atoms with Crippen LogP contribution < -0.4 is 5.32 Å². The molecule has 2 aliphatic rings. The molecule has 0 radical (unpaired) electrons. The summed E-state index contributed by atoms with van der Waals surface area (Å²) in [6, 6.07) is 9.59. The van der Waals surface area contributed by atoms with E-state index in [1.165, 1.54) is 0 Å². The molecule has 1 saturated carbocycles. The van der Waals surface area contributed by atoms with E-state index < -0.39 is 48.6 Å². The van der Waals surface area contributed by atoms with Crippen LogP contribution in [0.1, 0.15) is 47.6 Å². The number of amides is 3. The summed E-state index contributed by atoms with van der Waals surface area (Å²) in [5.74, 6) is -3.15. The van der Waals surface area contributed by atoms with Crippen molar-refractivity contribution in [3.63, 3.8) is 0 Å². The Morgan fingerprint density at radius 2 is 1.74 bits per heavy atom. The number of alkyl halides is 3. The van der Waals surface area contributed by atoms with Crippen molar-refractivity contribution in [3.05, 3.63) is 53.5 Å². The highest BCUT2D eigenvalue weighted by Crippen LogP contribution is 2.41.